The Labute approximate surface area is 115 Å². The van der Waals surface area contributed by atoms with Gasteiger partial charge in [0.15, 0.2) is 0 Å². The third-order valence-corrected chi connectivity index (χ3v) is 2.50. The van der Waals surface area contributed by atoms with E-state index in [1.54, 1.807) is 18.2 Å². The number of anilines is 1. The molecule has 0 radical (unpaired) electrons. The van der Waals surface area contributed by atoms with Crippen LogP contribution in [0.5, 0.6) is 5.75 Å². The molecule has 0 aliphatic rings. The number of nitrogens with one attached hydrogen (secondary N) is 1. The number of rotatable bonds is 6. The second-order valence-electron chi connectivity index (χ2n) is 4.12. The largest absolute Gasteiger partial charge is 0.494 e. The zero-order chi connectivity index (χ0) is 15.2. The van der Waals surface area contributed by atoms with Crippen molar-refractivity contribution in [3.05, 3.63) is 23.8 Å². The highest BCUT2D eigenvalue weighted by Gasteiger charge is 2.27. The van der Waals surface area contributed by atoms with E-state index < -0.39 is 24.9 Å². The van der Waals surface area contributed by atoms with Crippen LogP contribution in [0.25, 0.3) is 0 Å². The van der Waals surface area contributed by atoms with Crippen molar-refractivity contribution in [3.8, 4) is 5.75 Å². The van der Waals surface area contributed by atoms with Gasteiger partial charge in [-0.15, -0.1) is 0 Å². The Hall–Kier alpha value is -1.76. The summed E-state index contributed by atoms with van der Waals surface area (Å²) in [6.07, 6.45) is -6.08. The first-order valence-electron chi connectivity index (χ1n) is 6.18. The van der Waals surface area contributed by atoms with Gasteiger partial charge in [0, 0.05) is 24.2 Å². The van der Waals surface area contributed by atoms with Crippen molar-refractivity contribution in [2.75, 3.05) is 11.9 Å². The van der Waals surface area contributed by atoms with Crippen LogP contribution in [-0.2, 0) is 11.3 Å². The third-order valence-electron chi connectivity index (χ3n) is 2.50. The first-order chi connectivity index (χ1) is 9.35. The van der Waals surface area contributed by atoms with Crippen molar-refractivity contribution in [2.45, 2.75) is 32.5 Å². The van der Waals surface area contributed by atoms with Gasteiger partial charge < -0.3 is 15.8 Å². The number of benzene rings is 1. The van der Waals surface area contributed by atoms with E-state index in [4.69, 9.17) is 10.5 Å². The summed E-state index contributed by atoms with van der Waals surface area (Å²) in [4.78, 5) is 11.4. The highest BCUT2D eigenvalue weighted by Crippen LogP contribution is 2.24. The van der Waals surface area contributed by atoms with Gasteiger partial charge in [-0.2, -0.15) is 13.2 Å². The Bertz CT molecular complexity index is 461. The average Bonchev–Trinajstić information content (AvgIpc) is 2.37. The number of ether oxygens (including phenoxy) is 1. The summed E-state index contributed by atoms with van der Waals surface area (Å²) in [5.41, 5.74) is 6.64. The van der Waals surface area contributed by atoms with Gasteiger partial charge in [-0.1, -0.05) is 0 Å². The summed E-state index contributed by atoms with van der Waals surface area (Å²) < 4.78 is 41.3. The lowest BCUT2D eigenvalue weighted by Gasteiger charge is -2.12. The Morgan fingerprint density at radius 2 is 2.10 bits per heavy atom. The van der Waals surface area contributed by atoms with Crippen molar-refractivity contribution in [2.24, 2.45) is 5.73 Å². The zero-order valence-electron chi connectivity index (χ0n) is 11.1. The van der Waals surface area contributed by atoms with Crippen LogP contribution in [0.1, 0.15) is 25.3 Å². The highest BCUT2D eigenvalue weighted by atomic mass is 19.4. The SMILES string of the molecule is CCOc1ccc(NC(=O)CCC(F)(F)F)cc1CN. The molecular formula is C13H17F3N2O2. The molecule has 0 spiro atoms. The number of amides is 1. The standard InChI is InChI=1S/C13H17F3N2O2/c1-2-20-11-4-3-10(7-9(11)8-17)18-12(19)5-6-13(14,15)16/h3-4,7H,2,5-6,8,17H2,1H3,(H,18,19). The van der Waals surface area contributed by atoms with Gasteiger partial charge in [0.05, 0.1) is 13.0 Å². The number of hydrogen-bond donors (Lipinski definition) is 2. The number of carbonyl (C=O) groups is 1. The molecule has 0 heterocycles. The molecule has 0 saturated heterocycles. The van der Waals surface area contributed by atoms with Crippen molar-refractivity contribution >= 4 is 11.6 Å². The van der Waals surface area contributed by atoms with Gasteiger partial charge >= 0.3 is 6.18 Å². The molecule has 1 aromatic carbocycles. The number of hydrogen-bond acceptors (Lipinski definition) is 3. The maximum atomic E-state index is 12.0. The molecule has 0 saturated carbocycles. The summed E-state index contributed by atoms with van der Waals surface area (Å²) in [7, 11) is 0. The molecule has 0 aliphatic heterocycles. The van der Waals surface area contributed by atoms with Crippen molar-refractivity contribution in [1.29, 1.82) is 0 Å². The highest BCUT2D eigenvalue weighted by molar-refractivity contribution is 5.90. The molecule has 0 aliphatic carbocycles. The van der Waals surface area contributed by atoms with E-state index in [1.807, 2.05) is 6.92 Å². The van der Waals surface area contributed by atoms with E-state index in [0.717, 1.165) is 0 Å². The minimum atomic E-state index is -4.33. The van der Waals surface area contributed by atoms with Crippen molar-refractivity contribution < 1.29 is 22.7 Å². The van der Waals surface area contributed by atoms with Crippen LogP contribution >= 0.6 is 0 Å². The Morgan fingerprint density at radius 1 is 1.40 bits per heavy atom. The van der Waals surface area contributed by atoms with Crippen LogP contribution in [0.2, 0.25) is 0 Å². The lowest BCUT2D eigenvalue weighted by atomic mass is 10.1. The Balaban J connectivity index is 2.66. The van der Waals surface area contributed by atoms with Gasteiger partial charge in [0.1, 0.15) is 5.75 Å². The quantitative estimate of drug-likeness (QED) is 0.846. The third kappa shape index (κ3) is 5.48. The zero-order valence-corrected chi connectivity index (χ0v) is 11.1. The molecule has 112 valence electrons. The molecule has 20 heavy (non-hydrogen) atoms. The van der Waals surface area contributed by atoms with E-state index >= 15 is 0 Å². The second-order valence-corrected chi connectivity index (χ2v) is 4.12. The van der Waals surface area contributed by atoms with Gasteiger partial charge in [-0.05, 0) is 25.1 Å². The number of carbonyl (C=O) groups excluding carboxylic acids is 1. The average molecular weight is 290 g/mol. The van der Waals surface area contributed by atoms with Crippen LogP contribution in [0.4, 0.5) is 18.9 Å². The van der Waals surface area contributed by atoms with Gasteiger partial charge in [-0.25, -0.2) is 0 Å². The normalized spacial score (nSPS) is 11.2. The molecular weight excluding hydrogens is 273 g/mol. The van der Waals surface area contributed by atoms with E-state index in [1.165, 1.54) is 0 Å². The molecule has 0 bridgehead atoms. The number of nitrogens with two attached hydrogens (primary N) is 1. The first-order valence-corrected chi connectivity index (χ1v) is 6.18. The fourth-order valence-corrected chi connectivity index (χ4v) is 1.59. The first kappa shape index (κ1) is 16.3. The summed E-state index contributed by atoms with van der Waals surface area (Å²) in [6, 6.07) is 4.79. The summed E-state index contributed by atoms with van der Waals surface area (Å²) in [5, 5.41) is 2.41. The summed E-state index contributed by atoms with van der Waals surface area (Å²) in [6.45, 7) is 2.51. The van der Waals surface area contributed by atoms with Gasteiger partial charge in [0.25, 0.3) is 0 Å². The van der Waals surface area contributed by atoms with E-state index in [9.17, 15) is 18.0 Å². The second kappa shape index (κ2) is 7.14. The van der Waals surface area contributed by atoms with Crippen molar-refractivity contribution in [3.63, 3.8) is 0 Å². The van der Waals surface area contributed by atoms with Crippen LogP contribution in [0, 0.1) is 0 Å². The lowest BCUT2D eigenvalue weighted by Crippen LogP contribution is -2.16. The van der Waals surface area contributed by atoms with E-state index in [0.29, 0.717) is 23.6 Å². The predicted octanol–water partition coefficient (Wildman–Crippen LogP) is 2.83. The lowest BCUT2D eigenvalue weighted by molar-refractivity contribution is -0.142. The van der Waals surface area contributed by atoms with Gasteiger partial charge in [-0.3, -0.25) is 4.79 Å². The van der Waals surface area contributed by atoms with Crippen LogP contribution in [0.15, 0.2) is 18.2 Å². The molecule has 7 heteroatoms. The van der Waals surface area contributed by atoms with Crippen LogP contribution in [-0.4, -0.2) is 18.7 Å². The molecule has 1 rings (SSSR count). The summed E-state index contributed by atoms with van der Waals surface area (Å²) >= 11 is 0. The molecule has 0 unspecified atom stereocenters. The minimum Gasteiger partial charge on any atom is -0.494 e. The molecule has 0 atom stereocenters. The van der Waals surface area contributed by atoms with Crippen LogP contribution in [0.3, 0.4) is 0 Å². The monoisotopic (exact) mass is 290 g/mol. The Kier molecular flexibility index (Phi) is 5.82. The van der Waals surface area contributed by atoms with Gasteiger partial charge in [0.2, 0.25) is 5.91 Å². The van der Waals surface area contributed by atoms with Crippen LogP contribution < -0.4 is 15.8 Å². The van der Waals surface area contributed by atoms with E-state index in [2.05, 4.69) is 5.32 Å². The molecule has 0 aromatic heterocycles. The predicted molar refractivity (Wildman–Crippen MR) is 69.4 cm³/mol. The molecule has 1 aromatic rings. The fraction of sp³-hybridized carbons (Fsp3) is 0.462. The Morgan fingerprint density at radius 3 is 2.65 bits per heavy atom. The topological polar surface area (TPSA) is 64.3 Å². The molecule has 4 nitrogen and oxygen atoms in total. The smallest absolute Gasteiger partial charge is 0.389 e. The molecule has 1 amide bonds. The fourth-order valence-electron chi connectivity index (χ4n) is 1.59. The van der Waals surface area contributed by atoms with E-state index in [-0.39, 0.29) is 6.54 Å². The maximum absolute atomic E-state index is 12.0. The molecule has 3 N–H and O–H groups in total. The van der Waals surface area contributed by atoms with Crippen molar-refractivity contribution in [1.82, 2.24) is 0 Å². The number of alkyl halides is 3. The summed E-state index contributed by atoms with van der Waals surface area (Å²) in [5.74, 6) is -0.0854. The number of halogens is 3. The maximum Gasteiger partial charge on any atom is 0.389 e. The molecule has 0 fully saturated rings. The minimum absolute atomic E-state index is 0.210.